The molecule has 0 N–H and O–H groups in total. The molecule has 4 saturated carbocycles. The fraction of sp³-hybridized carbons (Fsp3) is 0.750. The van der Waals surface area contributed by atoms with Crippen molar-refractivity contribution in [2.24, 2.45) is 23.7 Å². The molecule has 0 atom stereocenters. The van der Waals surface area contributed by atoms with E-state index in [9.17, 15) is 9.59 Å². The van der Waals surface area contributed by atoms with Crippen LogP contribution in [0.2, 0.25) is 0 Å². The Bertz CT molecular complexity index is 398. The lowest BCUT2D eigenvalue weighted by atomic mass is 9.55. The van der Waals surface area contributed by atoms with E-state index in [1.165, 1.54) is 38.2 Å². The highest BCUT2D eigenvalue weighted by Gasteiger charge is 2.49. The van der Waals surface area contributed by atoms with Crippen molar-refractivity contribution in [2.45, 2.75) is 45.1 Å². The molecule has 0 aromatic carbocycles. The summed E-state index contributed by atoms with van der Waals surface area (Å²) in [5.41, 5.74) is 0. The lowest BCUT2D eigenvalue weighted by Gasteiger charge is -2.53. The highest BCUT2D eigenvalue weighted by molar-refractivity contribution is 5.91. The summed E-state index contributed by atoms with van der Waals surface area (Å²) < 4.78 is 10.4. The number of carbonyl (C=O) groups excluding carboxylic acids is 2. The smallest absolute Gasteiger partial charge is 0.331 e. The highest BCUT2D eigenvalue weighted by atomic mass is 16.5. The summed E-state index contributed by atoms with van der Waals surface area (Å²) in [4.78, 5) is 23.0. The molecule has 4 bridgehead atoms. The third kappa shape index (κ3) is 2.74. The van der Waals surface area contributed by atoms with E-state index in [2.05, 4.69) is 0 Å². The fourth-order valence-corrected chi connectivity index (χ4v) is 4.57. The minimum atomic E-state index is -0.491. The largest absolute Gasteiger partial charge is 0.463 e. The maximum Gasteiger partial charge on any atom is 0.331 e. The van der Waals surface area contributed by atoms with Gasteiger partial charge in [-0.25, -0.2) is 9.59 Å². The third-order valence-corrected chi connectivity index (χ3v) is 5.03. The van der Waals surface area contributed by atoms with E-state index in [1.54, 1.807) is 6.92 Å². The average Bonchev–Trinajstić information content (AvgIpc) is 2.40. The first-order valence-electron chi connectivity index (χ1n) is 7.71. The van der Waals surface area contributed by atoms with Gasteiger partial charge >= 0.3 is 11.9 Å². The molecule has 4 nitrogen and oxygen atoms in total. The Labute approximate surface area is 119 Å². The molecule has 0 saturated heterocycles. The van der Waals surface area contributed by atoms with E-state index < -0.39 is 11.9 Å². The molecule has 4 aliphatic carbocycles. The fourth-order valence-electron chi connectivity index (χ4n) is 4.57. The Morgan fingerprint density at radius 3 is 2.05 bits per heavy atom. The van der Waals surface area contributed by atoms with Crippen molar-refractivity contribution >= 4 is 11.9 Å². The second-order valence-electron chi connectivity index (χ2n) is 6.42. The molecule has 4 heteroatoms. The van der Waals surface area contributed by atoms with Crippen LogP contribution in [0, 0.1) is 23.7 Å². The molecule has 110 valence electrons. The minimum absolute atomic E-state index is 0.0714. The van der Waals surface area contributed by atoms with Gasteiger partial charge in [-0.3, -0.25) is 0 Å². The minimum Gasteiger partial charge on any atom is -0.463 e. The standard InChI is InChI=1S/C16H22O4/c1-2-19-14(17)3-4-15(18)20-16-12-6-10-5-11(8-12)9-13(16)7-10/h3-4,10-13,16H,2,5-9H2,1H3/b4-3+. The Hall–Kier alpha value is -1.32. The first-order valence-corrected chi connectivity index (χ1v) is 7.71. The van der Waals surface area contributed by atoms with Crippen LogP contribution in [0.5, 0.6) is 0 Å². The Morgan fingerprint density at radius 1 is 0.950 bits per heavy atom. The van der Waals surface area contributed by atoms with E-state index in [0.29, 0.717) is 18.4 Å². The molecular formula is C16H22O4. The van der Waals surface area contributed by atoms with E-state index in [-0.39, 0.29) is 6.10 Å². The summed E-state index contributed by atoms with van der Waals surface area (Å²) in [5.74, 6) is 1.92. The molecule has 4 fully saturated rings. The molecule has 0 heterocycles. The lowest BCUT2D eigenvalue weighted by molar-refractivity contribution is -0.165. The molecule has 4 rings (SSSR count). The number of hydrogen-bond donors (Lipinski definition) is 0. The summed E-state index contributed by atoms with van der Waals surface area (Å²) in [5, 5.41) is 0. The first-order chi connectivity index (χ1) is 9.65. The van der Waals surface area contributed by atoms with Crippen molar-refractivity contribution < 1.29 is 19.1 Å². The summed E-state index contributed by atoms with van der Waals surface area (Å²) in [6, 6.07) is 0. The SMILES string of the molecule is CCOC(=O)/C=C/C(=O)OC1C2CC3CC(C2)CC1C3. The zero-order chi connectivity index (χ0) is 14.1. The van der Waals surface area contributed by atoms with Crippen LogP contribution in [0.1, 0.15) is 39.0 Å². The van der Waals surface area contributed by atoms with Crippen LogP contribution in [0.15, 0.2) is 12.2 Å². The van der Waals surface area contributed by atoms with Gasteiger partial charge in [-0.05, 0) is 62.7 Å². The topological polar surface area (TPSA) is 52.6 Å². The number of rotatable bonds is 4. The van der Waals surface area contributed by atoms with Gasteiger partial charge in [0.2, 0.25) is 0 Å². The van der Waals surface area contributed by atoms with Gasteiger partial charge < -0.3 is 9.47 Å². The van der Waals surface area contributed by atoms with E-state index in [1.807, 2.05) is 0 Å². The van der Waals surface area contributed by atoms with Gasteiger partial charge in [-0.2, -0.15) is 0 Å². The normalized spacial score (nSPS) is 38.1. The van der Waals surface area contributed by atoms with Crippen LogP contribution in [0.25, 0.3) is 0 Å². The monoisotopic (exact) mass is 278 g/mol. The molecule has 20 heavy (non-hydrogen) atoms. The molecule has 4 aliphatic rings. The Balaban J connectivity index is 1.55. The molecule has 0 spiro atoms. The molecule has 0 aromatic rings. The van der Waals surface area contributed by atoms with Crippen molar-refractivity contribution in [1.29, 1.82) is 0 Å². The van der Waals surface area contributed by atoms with Crippen molar-refractivity contribution in [1.82, 2.24) is 0 Å². The van der Waals surface area contributed by atoms with E-state index in [4.69, 9.17) is 9.47 Å². The molecule has 0 aromatic heterocycles. The summed E-state index contributed by atoms with van der Waals surface area (Å²) in [7, 11) is 0. The number of hydrogen-bond acceptors (Lipinski definition) is 4. The summed E-state index contributed by atoms with van der Waals surface area (Å²) in [6.45, 7) is 2.05. The average molecular weight is 278 g/mol. The zero-order valence-electron chi connectivity index (χ0n) is 11.9. The van der Waals surface area contributed by atoms with Crippen molar-refractivity contribution in [3.63, 3.8) is 0 Å². The Morgan fingerprint density at radius 2 is 1.50 bits per heavy atom. The molecule has 0 unspecified atom stereocenters. The van der Waals surface area contributed by atoms with Gasteiger partial charge in [0.15, 0.2) is 0 Å². The van der Waals surface area contributed by atoms with Crippen LogP contribution in [0.4, 0.5) is 0 Å². The van der Waals surface area contributed by atoms with Gasteiger partial charge in [-0.1, -0.05) is 0 Å². The highest BCUT2D eigenvalue weighted by Crippen LogP contribution is 2.54. The second-order valence-corrected chi connectivity index (χ2v) is 6.42. The van der Waals surface area contributed by atoms with Crippen LogP contribution < -0.4 is 0 Å². The van der Waals surface area contributed by atoms with Crippen molar-refractivity contribution in [3.8, 4) is 0 Å². The predicted octanol–water partition coefficient (Wildman–Crippen LogP) is 2.47. The molecule has 0 radical (unpaired) electrons. The number of esters is 2. The first kappa shape index (κ1) is 13.7. The van der Waals surface area contributed by atoms with Crippen molar-refractivity contribution in [3.05, 3.63) is 12.2 Å². The van der Waals surface area contributed by atoms with Gasteiger partial charge in [0.05, 0.1) is 6.61 Å². The zero-order valence-corrected chi connectivity index (χ0v) is 11.9. The van der Waals surface area contributed by atoms with E-state index >= 15 is 0 Å². The number of carbonyl (C=O) groups is 2. The van der Waals surface area contributed by atoms with E-state index in [0.717, 1.165) is 17.9 Å². The van der Waals surface area contributed by atoms with Crippen LogP contribution >= 0.6 is 0 Å². The van der Waals surface area contributed by atoms with Gasteiger partial charge in [-0.15, -0.1) is 0 Å². The van der Waals surface area contributed by atoms with Gasteiger partial charge in [0.25, 0.3) is 0 Å². The van der Waals surface area contributed by atoms with Crippen molar-refractivity contribution in [2.75, 3.05) is 6.61 Å². The van der Waals surface area contributed by atoms with Gasteiger partial charge in [0.1, 0.15) is 6.10 Å². The van der Waals surface area contributed by atoms with Crippen LogP contribution in [-0.2, 0) is 19.1 Å². The maximum absolute atomic E-state index is 11.8. The number of ether oxygens (including phenoxy) is 2. The maximum atomic E-state index is 11.8. The molecule has 0 aliphatic heterocycles. The summed E-state index contributed by atoms with van der Waals surface area (Å²) >= 11 is 0. The molecule has 0 amide bonds. The molecular weight excluding hydrogens is 256 g/mol. The summed E-state index contributed by atoms with van der Waals surface area (Å²) in [6.07, 6.45) is 8.67. The Kier molecular flexibility index (Phi) is 3.81. The quantitative estimate of drug-likeness (QED) is 0.585. The third-order valence-electron chi connectivity index (χ3n) is 5.03. The van der Waals surface area contributed by atoms with Gasteiger partial charge in [0, 0.05) is 12.2 Å². The van der Waals surface area contributed by atoms with Crippen LogP contribution in [0.3, 0.4) is 0 Å². The second kappa shape index (κ2) is 5.58. The lowest BCUT2D eigenvalue weighted by Crippen LogP contribution is -2.49. The predicted molar refractivity (Wildman–Crippen MR) is 72.7 cm³/mol. The van der Waals surface area contributed by atoms with Crippen LogP contribution in [-0.4, -0.2) is 24.6 Å².